The van der Waals surface area contributed by atoms with Crippen molar-refractivity contribution in [2.75, 3.05) is 0 Å². The smallest absolute Gasteiger partial charge is 0.177 e. The summed E-state index contributed by atoms with van der Waals surface area (Å²) in [6.45, 7) is 3.86. The molecular formula is C25H18BrF2N3OS. The number of rotatable bonds is 5. The number of aryl methyl sites for hydroxylation is 2. The average Bonchev–Trinajstić information content (AvgIpc) is 3.40. The van der Waals surface area contributed by atoms with Crippen LogP contribution < -0.4 is 4.74 Å². The van der Waals surface area contributed by atoms with E-state index in [1.165, 1.54) is 41.8 Å². The van der Waals surface area contributed by atoms with E-state index in [-0.39, 0.29) is 5.75 Å². The van der Waals surface area contributed by atoms with Crippen molar-refractivity contribution in [1.82, 2.24) is 14.2 Å². The number of nitrogens with one attached hydrogen (secondary N) is 1. The summed E-state index contributed by atoms with van der Waals surface area (Å²) >= 11 is 5.00. The van der Waals surface area contributed by atoms with Gasteiger partial charge in [-0.05, 0) is 83.7 Å². The zero-order valence-corrected chi connectivity index (χ0v) is 20.1. The highest BCUT2D eigenvalue weighted by Crippen LogP contribution is 2.41. The van der Waals surface area contributed by atoms with E-state index in [0.717, 1.165) is 15.8 Å². The SMILES string of the molecule is Cc1ccc(Sn2ccc3c(Br)c(Oc4ccc(F)c(-c5[nH]ncc5C)c4)c(F)cc32)cc1. The molecule has 4 nitrogen and oxygen atoms in total. The van der Waals surface area contributed by atoms with Gasteiger partial charge in [0.05, 0.1) is 21.9 Å². The fraction of sp³-hybridized carbons (Fsp3) is 0.0800. The van der Waals surface area contributed by atoms with Crippen LogP contribution in [0.25, 0.3) is 22.2 Å². The van der Waals surface area contributed by atoms with E-state index in [4.69, 9.17) is 4.74 Å². The molecule has 0 unspecified atom stereocenters. The van der Waals surface area contributed by atoms with Crippen molar-refractivity contribution in [3.63, 3.8) is 0 Å². The summed E-state index contributed by atoms with van der Waals surface area (Å²) in [6.07, 6.45) is 3.51. The van der Waals surface area contributed by atoms with Gasteiger partial charge in [-0.1, -0.05) is 17.7 Å². The van der Waals surface area contributed by atoms with Gasteiger partial charge >= 0.3 is 0 Å². The van der Waals surface area contributed by atoms with Gasteiger partial charge in [0.2, 0.25) is 0 Å². The minimum atomic E-state index is -0.526. The Balaban J connectivity index is 1.50. The highest BCUT2D eigenvalue weighted by molar-refractivity contribution is 9.10. The molecule has 2 aromatic heterocycles. The van der Waals surface area contributed by atoms with Gasteiger partial charge in [-0.3, -0.25) is 9.07 Å². The van der Waals surface area contributed by atoms with Gasteiger partial charge in [0.15, 0.2) is 11.6 Å². The lowest BCUT2D eigenvalue weighted by molar-refractivity contribution is 0.439. The Hall–Kier alpha value is -3.10. The average molecular weight is 526 g/mol. The number of fused-ring (bicyclic) bond motifs is 1. The number of aromatic nitrogens is 3. The molecular weight excluding hydrogens is 508 g/mol. The molecule has 0 atom stereocenters. The predicted octanol–water partition coefficient (Wildman–Crippen LogP) is 8.04. The zero-order chi connectivity index (χ0) is 23.1. The number of benzene rings is 3. The van der Waals surface area contributed by atoms with Crippen LogP contribution >= 0.6 is 27.9 Å². The van der Waals surface area contributed by atoms with Gasteiger partial charge in [-0.25, -0.2) is 8.78 Å². The third kappa shape index (κ3) is 4.16. The highest BCUT2D eigenvalue weighted by Gasteiger charge is 2.18. The van der Waals surface area contributed by atoms with Crippen LogP contribution in [0.4, 0.5) is 8.78 Å². The molecule has 1 N–H and O–H groups in total. The molecule has 0 bridgehead atoms. The second-order valence-corrected chi connectivity index (χ2v) is 9.49. The molecule has 5 aromatic rings. The van der Waals surface area contributed by atoms with E-state index in [9.17, 15) is 4.39 Å². The number of halogens is 3. The van der Waals surface area contributed by atoms with Crippen LogP contribution in [0, 0.1) is 25.5 Å². The van der Waals surface area contributed by atoms with Crippen molar-refractivity contribution < 1.29 is 13.5 Å². The molecule has 0 saturated carbocycles. The summed E-state index contributed by atoms with van der Waals surface area (Å²) in [5, 5.41) is 7.54. The number of H-pyrrole nitrogens is 1. The summed E-state index contributed by atoms with van der Waals surface area (Å²) in [7, 11) is 0. The molecule has 2 heterocycles. The molecule has 5 rings (SSSR count). The van der Waals surface area contributed by atoms with Gasteiger partial charge in [0, 0.05) is 28.1 Å². The van der Waals surface area contributed by atoms with Crippen LogP contribution in [-0.4, -0.2) is 14.2 Å². The largest absolute Gasteiger partial charge is 0.453 e. The molecule has 0 aliphatic heterocycles. The number of nitrogens with zero attached hydrogens (tertiary/aromatic N) is 2. The molecule has 8 heteroatoms. The lowest BCUT2D eigenvalue weighted by Gasteiger charge is -2.12. The predicted molar refractivity (Wildman–Crippen MR) is 131 cm³/mol. The van der Waals surface area contributed by atoms with Crippen LogP contribution in [0.3, 0.4) is 0 Å². The molecule has 0 saturated heterocycles. The first-order valence-electron chi connectivity index (χ1n) is 10.1. The molecule has 0 spiro atoms. The summed E-state index contributed by atoms with van der Waals surface area (Å²) in [5.74, 6) is -0.593. The normalized spacial score (nSPS) is 11.3. The molecule has 0 radical (unpaired) electrons. The quantitative estimate of drug-likeness (QED) is 0.252. The van der Waals surface area contributed by atoms with E-state index in [2.05, 4.69) is 26.1 Å². The van der Waals surface area contributed by atoms with Gasteiger partial charge in [0.1, 0.15) is 11.6 Å². The lowest BCUT2D eigenvalue weighted by atomic mass is 10.1. The van der Waals surface area contributed by atoms with Crippen LogP contribution in [0.5, 0.6) is 11.5 Å². The van der Waals surface area contributed by atoms with Crippen molar-refractivity contribution in [3.8, 4) is 22.8 Å². The fourth-order valence-corrected chi connectivity index (χ4v) is 5.01. The Morgan fingerprint density at radius 3 is 2.52 bits per heavy atom. The van der Waals surface area contributed by atoms with Gasteiger partial charge in [-0.2, -0.15) is 5.10 Å². The van der Waals surface area contributed by atoms with E-state index < -0.39 is 11.6 Å². The van der Waals surface area contributed by atoms with Crippen LogP contribution in [0.2, 0.25) is 0 Å². The Bertz CT molecular complexity index is 1480. The topological polar surface area (TPSA) is 42.8 Å². The fourth-order valence-electron chi connectivity index (χ4n) is 3.55. The Morgan fingerprint density at radius 1 is 1.00 bits per heavy atom. The van der Waals surface area contributed by atoms with E-state index >= 15 is 4.39 Å². The first-order valence-corrected chi connectivity index (χ1v) is 11.7. The van der Waals surface area contributed by atoms with Crippen molar-refractivity contribution in [1.29, 1.82) is 0 Å². The van der Waals surface area contributed by atoms with Crippen LogP contribution in [-0.2, 0) is 0 Å². The summed E-state index contributed by atoms with van der Waals surface area (Å²) < 4.78 is 37.9. The Labute approximate surface area is 201 Å². The molecule has 0 amide bonds. The Kier molecular flexibility index (Phi) is 5.72. The second kappa shape index (κ2) is 8.68. The number of ether oxygens (including phenoxy) is 1. The van der Waals surface area contributed by atoms with Crippen molar-refractivity contribution in [3.05, 3.63) is 94.2 Å². The maximum atomic E-state index is 15.2. The maximum Gasteiger partial charge on any atom is 0.177 e. The van der Waals surface area contributed by atoms with Crippen LogP contribution in [0.1, 0.15) is 11.1 Å². The first-order chi connectivity index (χ1) is 15.9. The van der Waals surface area contributed by atoms with Gasteiger partial charge in [0.25, 0.3) is 0 Å². The maximum absolute atomic E-state index is 15.2. The zero-order valence-electron chi connectivity index (χ0n) is 17.7. The number of hydrogen-bond acceptors (Lipinski definition) is 3. The van der Waals surface area contributed by atoms with Crippen molar-refractivity contribution in [2.24, 2.45) is 0 Å². The Morgan fingerprint density at radius 2 is 1.79 bits per heavy atom. The monoisotopic (exact) mass is 525 g/mol. The standard InChI is InChI=1S/C25H18BrF2N3OS/c1-14-3-6-17(7-4-14)33-31-10-9-18-22(31)12-21(28)25(23(18)26)32-16-5-8-20(27)19(11-16)24-15(2)13-29-30-24/h3-13H,1-2H3,(H,29,30). The van der Waals surface area contributed by atoms with Gasteiger partial charge in [-0.15, -0.1) is 0 Å². The summed E-state index contributed by atoms with van der Waals surface area (Å²) in [6, 6.07) is 15.8. The molecule has 0 aliphatic rings. The third-order valence-corrected chi connectivity index (χ3v) is 7.07. The van der Waals surface area contributed by atoms with E-state index in [1.54, 1.807) is 6.20 Å². The molecule has 166 valence electrons. The lowest BCUT2D eigenvalue weighted by Crippen LogP contribution is -1.94. The highest BCUT2D eigenvalue weighted by atomic mass is 79.9. The second-order valence-electron chi connectivity index (χ2n) is 7.65. The minimum Gasteiger partial charge on any atom is -0.453 e. The van der Waals surface area contributed by atoms with Gasteiger partial charge < -0.3 is 4.74 Å². The summed E-state index contributed by atoms with van der Waals surface area (Å²) in [5.41, 5.74) is 3.55. The number of hydrogen-bond donors (Lipinski definition) is 1. The summed E-state index contributed by atoms with van der Waals surface area (Å²) in [4.78, 5) is 1.04. The molecule has 3 aromatic carbocycles. The molecule has 0 fully saturated rings. The number of aromatic amines is 1. The molecule has 33 heavy (non-hydrogen) atoms. The van der Waals surface area contributed by atoms with E-state index in [1.807, 2.05) is 54.3 Å². The van der Waals surface area contributed by atoms with Crippen molar-refractivity contribution in [2.45, 2.75) is 18.7 Å². The van der Waals surface area contributed by atoms with Crippen LogP contribution in [0.15, 0.2) is 76.4 Å². The van der Waals surface area contributed by atoms with E-state index in [0.29, 0.717) is 27.0 Å². The molecule has 0 aliphatic carbocycles. The third-order valence-electron chi connectivity index (χ3n) is 5.29. The first kappa shape index (κ1) is 21.7. The van der Waals surface area contributed by atoms with Crippen molar-refractivity contribution >= 4 is 38.8 Å². The minimum absolute atomic E-state index is 0.0412.